The molecule has 2 bridgehead atoms. The van der Waals surface area contributed by atoms with Gasteiger partial charge in [-0.15, -0.1) is 0 Å². The summed E-state index contributed by atoms with van der Waals surface area (Å²) < 4.78 is 13.0. The molecule has 1 aromatic carbocycles. The zero-order valence-electron chi connectivity index (χ0n) is 13.0. The molecular weight excluding hydrogens is 249 g/mol. The lowest BCUT2D eigenvalue weighted by atomic mass is 9.68. The van der Waals surface area contributed by atoms with Crippen molar-refractivity contribution in [2.45, 2.75) is 59.0 Å². The Morgan fingerprint density at radius 3 is 2.40 bits per heavy atom. The van der Waals surface area contributed by atoms with Crippen molar-refractivity contribution in [2.75, 3.05) is 0 Å². The minimum Gasteiger partial charge on any atom is -0.306 e. The lowest BCUT2D eigenvalue weighted by molar-refractivity contribution is 0.100. The summed E-state index contributed by atoms with van der Waals surface area (Å²) in [4.78, 5) is 0. The van der Waals surface area contributed by atoms with Crippen LogP contribution >= 0.6 is 0 Å². The molecule has 2 aliphatic rings. The van der Waals surface area contributed by atoms with Crippen LogP contribution in [0.1, 0.15) is 58.6 Å². The van der Waals surface area contributed by atoms with Crippen LogP contribution in [0.15, 0.2) is 24.3 Å². The average Bonchev–Trinajstić information content (AvgIpc) is 2.86. The third-order valence-electron chi connectivity index (χ3n) is 6.06. The molecule has 1 nitrogen and oxygen atoms in total. The van der Waals surface area contributed by atoms with Gasteiger partial charge in [0.2, 0.25) is 0 Å². The Hall–Kier alpha value is -0.890. The zero-order chi connectivity index (χ0) is 14.5. The van der Waals surface area contributed by atoms with Crippen LogP contribution in [0, 0.1) is 22.6 Å². The van der Waals surface area contributed by atoms with E-state index in [-0.39, 0.29) is 11.9 Å². The SMILES string of the molecule is C[C@@H](NC1C2(C)CCC(C2)C1(C)C)c1ccc(F)cc1. The first kappa shape index (κ1) is 14.1. The number of nitrogens with one attached hydrogen (secondary N) is 1. The predicted octanol–water partition coefficient (Wildman–Crippen LogP) is 4.69. The predicted molar refractivity (Wildman–Crippen MR) is 81.0 cm³/mol. The van der Waals surface area contributed by atoms with Crippen molar-refractivity contribution in [3.8, 4) is 0 Å². The topological polar surface area (TPSA) is 12.0 Å². The van der Waals surface area contributed by atoms with Gasteiger partial charge in [-0.25, -0.2) is 4.39 Å². The summed E-state index contributed by atoms with van der Waals surface area (Å²) in [6, 6.07) is 7.73. The molecule has 0 radical (unpaired) electrons. The van der Waals surface area contributed by atoms with Crippen molar-refractivity contribution >= 4 is 0 Å². The first-order valence-electron chi connectivity index (χ1n) is 7.84. The molecule has 110 valence electrons. The molecule has 0 heterocycles. The number of hydrogen-bond donors (Lipinski definition) is 1. The largest absolute Gasteiger partial charge is 0.306 e. The van der Waals surface area contributed by atoms with Gasteiger partial charge in [-0.2, -0.15) is 0 Å². The van der Waals surface area contributed by atoms with Crippen molar-refractivity contribution in [3.05, 3.63) is 35.6 Å². The summed E-state index contributed by atoms with van der Waals surface area (Å²) in [7, 11) is 0. The third-order valence-corrected chi connectivity index (χ3v) is 6.06. The van der Waals surface area contributed by atoms with Crippen molar-refractivity contribution in [2.24, 2.45) is 16.7 Å². The van der Waals surface area contributed by atoms with E-state index in [1.807, 2.05) is 12.1 Å². The number of rotatable bonds is 3. The van der Waals surface area contributed by atoms with Gasteiger partial charge in [-0.3, -0.25) is 0 Å². The molecule has 0 amide bonds. The van der Waals surface area contributed by atoms with E-state index in [1.54, 1.807) is 12.1 Å². The van der Waals surface area contributed by atoms with Crippen LogP contribution < -0.4 is 5.32 Å². The maximum absolute atomic E-state index is 13.0. The highest BCUT2D eigenvalue weighted by atomic mass is 19.1. The lowest BCUT2D eigenvalue weighted by Gasteiger charge is -2.44. The monoisotopic (exact) mass is 275 g/mol. The zero-order valence-corrected chi connectivity index (χ0v) is 13.0. The van der Waals surface area contributed by atoms with Gasteiger partial charge >= 0.3 is 0 Å². The maximum Gasteiger partial charge on any atom is 0.123 e. The molecule has 3 rings (SSSR count). The first-order chi connectivity index (χ1) is 9.33. The highest BCUT2D eigenvalue weighted by molar-refractivity contribution is 5.21. The van der Waals surface area contributed by atoms with Crippen molar-refractivity contribution in [1.82, 2.24) is 5.32 Å². The van der Waals surface area contributed by atoms with E-state index in [0.717, 1.165) is 5.92 Å². The molecule has 0 aromatic heterocycles. The quantitative estimate of drug-likeness (QED) is 0.843. The van der Waals surface area contributed by atoms with Crippen LogP contribution in [-0.4, -0.2) is 6.04 Å². The molecule has 0 saturated heterocycles. The van der Waals surface area contributed by atoms with Gasteiger partial charge in [-0.05, 0) is 60.6 Å². The molecule has 2 fully saturated rings. The molecule has 3 unspecified atom stereocenters. The van der Waals surface area contributed by atoms with Crippen molar-refractivity contribution in [3.63, 3.8) is 0 Å². The van der Waals surface area contributed by atoms with Gasteiger partial charge in [0.1, 0.15) is 5.82 Å². The highest BCUT2D eigenvalue weighted by Gasteiger charge is 2.59. The summed E-state index contributed by atoms with van der Waals surface area (Å²) >= 11 is 0. The Balaban J connectivity index is 1.78. The van der Waals surface area contributed by atoms with Crippen molar-refractivity contribution < 1.29 is 4.39 Å². The Morgan fingerprint density at radius 2 is 1.85 bits per heavy atom. The van der Waals surface area contributed by atoms with Crippen LogP contribution in [0.5, 0.6) is 0 Å². The fourth-order valence-corrected chi connectivity index (χ4v) is 4.82. The van der Waals surface area contributed by atoms with Crippen LogP contribution in [0.25, 0.3) is 0 Å². The van der Waals surface area contributed by atoms with Gasteiger partial charge in [0, 0.05) is 12.1 Å². The minimum absolute atomic E-state index is 0.159. The number of halogens is 1. The molecule has 1 N–H and O–H groups in total. The number of hydrogen-bond acceptors (Lipinski definition) is 1. The smallest absolute Gasteiger partial charge is 0.123 e. The van der Waals surface area contributed by atoms with E-state index >= 15 is 0 Å². The van der Waals surface area contributed by atoms with E-state index in [4.69, 9.17) is 0 Å². The number of fused-ring (bicyclic) bond motifs is 2. The second-order valence-corrected chi connectivity index (χ2v) is 7.79. The molecule has 0 aliphatic heterocycles. The van der Waals surface area contributed by atoms with Gasteiger partial charge < -0.3 is 5.32 Å². The summed E-state index contributed by atoms with van der Waals surface area (Å²) in [5.41, 5.74) is 1.97. The van der Waals surface area contributed by atoms with Crippen LogP contribution in [-0.2, 0) is 0 Å². The molecule has 1 aromatic rings. The Kier molecular flexibility index (Phi) is 3.20. The Morgan fingerprint density at radius 1 is 1.20 bits per heavy atom. The normalized spacial score (nSPS) is 36.2. The maximum atomic E-state index is 13.0. The fourth-order valence-electron chi connectivity index (χ4n) is 4.82. The molecule has 2 aliphatic carbocycles. The average molecular weight is 275 g/mol. The van der Waals surface area contributed by atoms with Crippen LogP contribution in [0.2, 0.25) is 0 Å². The standard InChI is InChI=1S/C18H26FN/c1-12(13-5-7-15(19)8-6-13)20-16-17(2,3)14-9-10-18(16,4)11-14/h5-8,12,14,16,20H,9-11H2,1-4H3/t12-,14?,16?,18?/m1/s1. The molecule has 2 heteroatoms. The van der Waals surface area contributed by atoms with Crippen LogP contribution in [0.3, 0.4) is 0 Å². The van der Waals surface area contributed by atoms with Crippen molar-refractivity contribution in [1.29, 1.82) is 0 Å². The highest BCUT2D eigenvalue weighted by Crippen LogP contribution is 2.62. The molecule has 4 atom stereocenters. The van der Waals surface area contributed by atoms with Gasteiger partial charge in [0.25, 0.3) is 0 Å². The molecular formula is C18H26FN. The molecule has 20 heavy (non-hydrogen) atoms. The minimum atomic E-state index is -0.159. The van der Waals surface area contributed by atoms with E-state index < -0.39 is 0 Å². The van der Waals surface area contributed by atoms with E-state index in [9.17, 15) is 4.39 Å². The second-order valence-electron chi connectivity index (χ2n) is 7.79. The summed E-state index contributed by atoms with van der Waals surface area (Å²) in [6.45, 7) is 9.46. The third kappa shape index (κ3) is 2.09. The van der Waals surface area contributed by atoms with Crippen LogP contribution in [0.4, 0.5) is 4.39 Å². The number of benzene rings is 1. The summed E-state index contributed by atoms with van der Waals surface area (Å²) in [6.07, 6.45) is 4.08. The summed E-state index contributed by atoms with van der Waals surface area (Å²) in [5.74, 6) is 0.693. The van der Waals surface area contributed by atoms with E-state index in [2.05, 4.69) is 33.0 Å². The molecule has 2 saturated carbocycles. The van der Waals surface area contributed by atoms with E-state index in [0.29, 0.717) is 16.9 Å². The van der Waals surface area contributed by atoms with Gasteiger partial charge in [0.05, 0.1) is 0 Å². The van der Waals surface area contributed by atoms with Gasteiger partial charge in [-0.1, -0.05) is 32.9 Å². The second kappa shape index (κ2) is 4.56. The fraction of sp³-hybridized carbons (Fsp3) is 0.667. The first-order valence-corrected chi connectivity index (χ1v) is 7.84. The van der Waals surface area contributed by atoms with Gasteiger partial charge in [0.15, 0.2) is 0 Å². The summed E-state index contributed by atoms with van der Waals surface area (Å²) in [5, 5.41) is 3.85. The lowest BCUT2D eigenvalue weighted by Crippen LogP contribution is -2.50. The Bertz CT molecular complexity index is 488. The van der Waals surface area contributed by atoms with E-state index in [1.165, 1.54) is 24.8 Å². The Labute approximate surface area is 122 Å². The molecule has 0 spiro atoms.